The van der Waals surface area contributed by atoms with E-state index in [4.69, 9.17) is 0 Å². The zero-order valence-electron chi connectivity index (χ0n) is 9.13. The third kappa shape index (κ3) is 2.40. The summed E-state index contributed by atoms with van der Waals surface area (Å²) in [5.74, 6) is 0. The molecule has 1 aliphatic rings. The first-order valence-electron chi connectivity index (χ1n) is 5.28. The van der Waals surface area contributed by atoms with Crippen molar-refractivity contribution in [3.05, 3.63) is 30.1 Å². The molecule has 1 aromatic rings. The Labute approximate surface area is 95.7 Å². The fourth-order valence-electron chi connectivity index (χ4n) is 1.52. The minimum atomic E-state index is -3.33. The van der Waals surface area contributed by atoms with Crippen molar-refractivity contribution >= 4 is 10.2 Å². The van der Waals surface area contributed by atoms with Gasteiger partial charge in [0, 0.05) is 19.3 Å². The number of aromatic nitrogens is 1. The van der Waals surface area contributed by atoms with E-state index in [0.717, 1.165) is 12.1 Å². The summed E-state index contributed by atoms with van der Waals surface area (Å²) in [5, 5.41) is 0. The zero-order chi connectivity index (χ0) is 11.6. The van der Waals surface area contributed by atoms with E-state index in [1.54, 1.807) is 19.2 Å². The lowest BCUT2D eigenvalue weighted by Crippen LogP contribution is -2.48. The minimum absolute atomic E-state index is 0.299. The molecular weight excluding hydrogens is 226 g/mol. The van der Waals surface area contributed by atoms with Crippen LogP contribution in [0.15, 0.2) is 24.4 Å². The van der Waals surface area contributed by atoms with Crippen LogP contribution in [0.1, 0.15) is 25.1 Å². The number of nitrogens with zero attached hydrogens (tertiary/aromatic N) is 2. The van der Waals surface area contributed by atoms with E-state index < -0.39 is 10.2 Å². The van der Waals surface area contributed by atoms with Gasteiger partial charge in [-0.3, -0.25) is 4.98 Å². The Hall–Kier alpha value is -0.980. The lowest BCUT2D eigenvalue weighted by molar-refractivity contribution is 0.302. The molecule has 1 atom stereocenters. The summed E-state index contributed by atoms with van der Waals surface area (Å²) >= 11 is 0. The van der Waals surface area contributed by atoms with E-state index >= 15 is 0 Å². The van der Waals surface area contributed by atoms with E-state index in [-0.39, 0.29) is 6.04 Å². The summed E-state index contributed by atoms with van der Waals surface area (Å²) in [7, 11) is -3.33. The molecule has 16 heavy (non-hydrogen) atoms. The van der Waals surface area contributed by atoms with Crippen LogP contribution < -0.4 is 4.72 Å². The maximum atomic E-state index is 11.8. The van der Waals surface area contributed by atoms with Crippen molar-refractivity contribution in [1.82, 2.24) is 14.0 Å². The highest BCUT2D eigenvalue weighted by molar-refractivity contribution is 7.87. The highest BCUT2D eigenvalue weighted by atomic mass is 32.2. The van der Waals surface area contributed by atoms with Gasteiger partial charge in [-0.15, -0.1) is 0 Å². The van der Waals surface area contributed by atoms with Crippen LogP contribution in [0.5, 0.6) is 0 Å². The molecule has 0 amide bonds. The van der Waals surface area contributed by atoms with Crippen LogP contribution in [0, 0.1) is 0 Å². The molecule has 2 rings (SSSR count). The fourth-order valence-corrected chi connectivity index (χ4v) is 2.97. The second-order valence-corrected chi connectivity index (χ2v) is 5.55. The van der Waals surface area contributed by atoms with E-state index in [1.807, 2.05) is 12.1 Å². The summed E-state index contributed by atoms with van der Waals surface area (Å²) in [6.07, 6.45) is 2.60. The van der Waals surface area contributed by atoms with Crippen LogP contribution in [0.25, 0.3) is 0 Å². The average molecular weight is 241 g/mol. The van der Waals surface area contributed by atoms with Crippen LogP contribution in [0.2, 0.25) is 0 Å². The number of hydrogen-bond acceptors (Lipinski definition) is 3. The Morgan fingerprint density at radius 2 is 2.19 bits per heavy atom. The molecule has 5 nitrogen and oxygen atoms in total. The van der Waals surface area contributed by atoms with Crippen LogP contribution in [-0.2, 0) is 10.2 Å². The van der Waals surface area contributed by atoms with Gasteiger partial charge in [0.15, 0.2) is 0 Å². The fraction of sp³-hybridized carbons (Fsp3) is 0.500. The molecule has 0 aromatic carbocycles. The lowest BCUT2D eigenvalue weighted by atomic mass is 10.2. The van der Waals surface area contributed by atoms with Gasteiger partial charge in [0.2, 0.25) is 0 Å². The van der Waals surface area contributed by atoms with Crippen molar-refractivity contribution in [2.75, 3.05) is 13.1 Å². The van der Waals surface area contributed by atoms with Crippen molar-refractivity contribution in [1.29, 1.82) is 0 Å². The summed E-state index contributed by atoms with van der Waals surface area (Å²) in [4.78, 5) is 4.12. The molecule has 1 unspecified atom stereocenters. The maximum absolute atomic E-state index is 11.8. The Morgan fingerprint density at radius 1 is 1.44 bits per heavy atom. The molecule has 0 radical (unpaired) electrons. The predicted molar refractivity (Wildman–Crippen MR) is 60.9 cm³/mol. The van der Waals surface area contributed by atoms with E-state index in [2.05, 4.69) is 9.71 Å². The molecule has 0 bridgehead atoms. The molecule has 0 saturated carbocycles. The van der Waals surface area contributed by atoms with Gasteiger partial charge in [-0.1, -0.05) is 6.07 Å². The average Bonchev–Trinajstić information content (AvgIpc) is 2.14. The lowest BCUT2D eigenvalue weighted by Gasteiger charge is -2.30. The first-order valence-corrected chi connectivity index (χ1v) is 6.72. The topological polar surface area (TPSA) is 62.3 Å². The smallest absolute Gasteiger partial charge is 0.260 e. The molecule has 0 spiro atoms. The highest BCUT2D eigenvalue weighted by Crippen LogP contribution is 2.15. The monoisotopic (exact) mass is 241 g/mol. The van der Waals surface area contributed by atoms with Crippen molar-refractivity contribution in [2.45, 2.75) is 19.4 Å². The maximum Gasteiger partial charge on any atom is 0.280 e. The molecule has 1 aliphatic heterocycles. The molecule has 1 N–H and O–H groups in total. The van der Waals surface area contributed by atoms with Crippen molar-refractivity contribution in [2.24, 2.45) is 0 Å². The van der Waals surface area contributed by atoms with E-state index in [0.29, 0.717) is 13.1 Å². The number of rotatable bonds is 4. The van der Waals surface area contributed by atoms with Crippen LogP contribution in [-0.4, -0.2) is 30.8 Å². The molecule has 2 heterocycles. The zero-order valence-corrected chi connectivity index (χ0v) is 9.94. The SMILES string of the molecule is CC(NS(=O)(=O)N1CCC1)c1ccccn1. The molecule has 1 saturated heterocycles. The largest absolute Gasteiger partial charge is 0.280 e. The standard InChI is InChI=1S/C10H15N3O2S/c1-9(10-5-2-3-6-11-10)12-16(14,15)13-7-4-8-13/h2-3,5-6,9,12H,4,7-8H2,1H3. The van der Waals surface area contributed by atoms with Gasteiger partial charge >= 0.3 is 0 Å². The van der Waals surface area contributed by atoms with Gasteiger partial charge in [0.1, 0.15) is 0 Å². The van der Waals surface area contributed by atoms with E-state index in [9.17, 15) is 8.42 Å². The van der Waals surface area contributed by atoms with Gasteiger partial charge in [0.25, 0.3) is 10.2 Å². The molecule has 1 fully saturated rings. The van der Waals surface area contributed by atoms with Crippen molar-refractivity contribution < 1.29 is 8.42 Å². The molecular formula is C10H15N3O2S. The molecule has 0 aliphatic carbocycles. The number of pyridine rings is 1. The molecule has 6 heteroatoms. The van der Waals surface area contributed by atoms with Crippen LogP contribution in [0.3, 0.4) is 0 Å². The Balaban J connectivity index is 2.04. The summed E-state index contributed by atoms with van der Waals surface area (Å²) in [6.45, 7) is 3.02. The summed E-state index contributed by atoms with van der Waals surface area (Å²) in [5.41, 5.74) is 0.728. The summed E-state index contributed by atoms with van der Waals surface area (Å²) < 4.78 is 27.6. The first kappa shape index (κ1) is 11.5. The van der Waals surface area contributed by atoms with Gasteiger partial charge in [-0.05, 0) is 25.5 Å². The Morgan fingerprint density at radius 3 is 2.69 bits per heavy atom. The Bertz CT molecular complexity index is 442. The van der Waals surface area contributed by atoms with Crippen molar-refractivity contribution in [3.63, 3.8) is 0 Å². The predicted octanol–water partition coefficient (Wildman–Crippen LogP) is 0.683. The highest BCUT2D eigenvalue weighted by Gasteiger charge is 2.29. The third-order valence-electron chi connectivity index (χ3n) is 2.61. The van der Waals surface area contributed by atoms with Gasteiger partial charge in [-0.25, -0.2) is 0 Å². The minimum Gasteiger partial charge on any atom is -0.260 e. The van der Waals surface area contributed by atoms with Crippen LogP contribution in [0.4, 0.5) is 0 Å². The number of nitrogens with one attached hydrogen (secondary N) is 1. The summed E-state index contributed by atoms with van der Waals surface area (Å²) in [6, 6.07) is 5.16. The van der Waals surface area contributed by atoms with Crippen molar-refractivity contribution in [3.8, 4) is 0 Å². The second kappa shape index (κ2) is 4.48. The first-order chi connectivity index (χ1) is 7.59. The quantitative estimate of drug-likeness (QED) is 0.843. The number of hydrogen-bond donors (Lipinski definition) is 1. The van der Waals surface area contributed by atoms with Gasteiger partial charge in [0.05, 0.1) is 11.7 Å². The normalized spacial score (nSPS) is 19.1. The van der Waals surface area contributed by atoms with Gasteiger partial charge in [-0.2, -0.15) is 17.4 Å². The Kier molecular flexibility index (Phi) is 3.22. The third-order valence-corrected chi connectivity index (χ3v) is 4.31. The van der Waals surface area contributed by atoms with Gasteiger partial charge < -0.3 is 0 Å². The second-order valence-electron chi connectivity index (χ2n) is 3.85. The van der Waals surface area contributed by atoms with E-state index in [1.165, 1.54) is 4.31 Å². The van der Waals surface area contributed by atoms with Crippen LogP contribution >= 0.6 is 0 Å². The molecule has 1 aromatic heterocycles. The molecule has 88 valence electrons.